The molecular formula is C20H17O6S-. The van der Waals surface area contributed by atoms with Crippen LogP contribution in [-0.2, 0) is 24.7 Å². The third-order valence-electron chi connectivity index (χ3n) is 4.30. The molecule has 7 heteroatoms. The first-order valence-electron chi connectivity index (χ1n) is 8.11. The third kappa shape index (κ3) is 3.65. The lowest BCUT2D eigenvalue weighted by atomic mass is 9.78. The van der Waals surface area contributed by atoms with Gasteiger partial charge in [-0.1, -0.05) is 48.6 Å². The summed E-state index contributed by atoms with van der Waals surface area (Å²) in [6.45, 7) is 0. The van der Waals surface area contributed by atoms with Crippen molar-refractivity contribution >= 4 is 16.1 Å². The van der Waals surface area contributed by atoms with Gasteiger partial charge in [-0.2, -0.15) is 8.42 Å². The minimum absolute atomic E-state index is 0.112. The average molecular weight is 385 g/mol. The summed E-state index contributed by atoms with van der Waals surface area (Å²) in [4.78, 5) is 11.6. The molecule has 0 saturated carbocycles. The van der Waals surface area contributed by atoms with Gasteiger partial charge in [-0.15, -0.1) is 0 Å². The second-order valence-electron chi connectivity index (χ2n) is 5.91. The van der Waals surface area contributed by atoms with Crippen molar-refractivity contribution in [3.8, 4) is 5.75 Å². The Labute approximate surface area is 157 Å². The van der Waals surface area contributed by atoms with E-state index >= 15 is 0 Å². The first-order chi connectivity index (χ1) is 12.9. The van der Waals surface area contributed by atoms with Crippen molar-refractivity contribution < 1.29 is 27.2 Å². The van der Waals surface area contributed by atoms with Crippen LogP contribution < -0.4 is 9.84 Å². The normalized spacial score (nSPS) is 21.7. The van der Waals surface area contributed by atoms with E-state index in [-0.39, 0.29) is 4.90 Å². The van der Waals surface area contributed by atoms with E-state index < -0.39 is 27.6 Å². The number of carboxylic acid groups (broad SMARTS) is 1. The zero-order valence-electron chi connectivity index (χ0n) is 14.4. The molecule has 0 aromatic heterocycles. The van der Waals surface area contributed by atoms with Crippen LogP contribution in [0.15, 0.2) is 83.8 Å². The van der Waals surface area contributed by atoms with Crippen LogP contribution in [0, 0.1) is 5.92 Å². The van der Waals surface area contributed by atoms with E-state index in [0.717, 1.165) is 0 Å². The van der Waals surface area contributed by atoms with Crippen molar-refractivity contribution in [3.05, 3.63) is 84.5 Å². The maximum absolute atomic E-state index is 12.9. The lowest BCUT2D eigenvalue weighted by molar-refractivity contribution is -0.313. The first-order valence-corrected chi connectivity index (χ1v) is 9.52. The Hall–Kier alpha value is -2.90. The summed E-state index contributed by atoms with van der Waals surface area (Å²) in [5, 5.41) is 11.8. The van der Waals surface area contributed by atoms with Gasteiger partial charge in [0.25, 0.3) is 10.1 Å². The van der Waals surface area contributed by atoms with Gasteiger partial charge in [0.15, 0.2) is 0 Å². The highest BCUT2D eigenvalue weighted by Crippen LogP contribution is 2.41. The SMILES string of the molecule is COc1ccc(S(=O)(=O)OC2(c3ccccc3)C=CC=CC2C(=O)[O-])cc1. The Bertz CT molecular complexity index is 977. The highest BCUT2D eigenvalue weighted by Gasteiger charge is 2.44. The van der Waals surface area contributed by atoms with Crippen molar-refractivity contribution in [1.82, 2.24) is 0 Å². The number of hydrogen-bond donors (Lipinski definition) is 0. The molecule has 0 bridgehead atoms. The fraction of sp³-hybridized carbons (Fsp3) is 0.150. The third-order valence-corrected chi connectivity index (χ3v) is 5.64. The molecule has 27 heavy (non-hydrogen) atoms. The van der Waals surface area contributed by atoms with Gasteiger partial charge in [0.2, 0.25) is 0 Å². The van der Waals surface area contributed by atoms with Crippen molar-refractivity contribution in [2.75, 3.05) is 7.11 Å². The summed E-state index contributed by atoms with van der Waals surface area (Å²) in [6.07, 6.45) is 5.84. The predicted octanol–water partition coefficient (Wildman–Crippen LogP) is 1.79. The molecule has 0 aliphatic heterocycles. The van der Waals surface area contributed by atoms with Crippen LogP contribution >= 0.6 is 0 Å². The molecule has 6 nitrogen and oxygen atoms in total. The summed E-state index contributed by atoms with van der Waals surface area (Å²) >= 11 is 0. The zero-order chi connectivity index (χ0) is 19.5. The van der Waals surface area contributed by atoms with Gasteiger partial charge >= 0.3 is 0 Å². The van der Waals surface area contributed by atoms with E-state index in [4.69, 9.17) is 8.92 Å². The van der Waals surface area contributed by atoms with E-state index in [1.807, 2.05) is 0 Å². The summed E-state index contributed by atoms with van der Waals surface area (Å²) in [6, 6.07) is 14.0. The van der Waals surface area contributed by atoms with E-state index in [9.17, 15) is 18.3 Å². The molecule has 2 aromatic rings. The van der Waals surface area contributed by atoms with E-state index in [0.29, 0.717) is 11.3 Å². The van der Waals surface area contributed by atoms with Gasteiger partial charge in [0.1, 0.15) is 11.4 Å². The van der Waals surface area contributed by atoms with Crippen LogP contribution in [0.3, 0.4) is 0 Å². The quantitative estimate of drug-likeness (QED) is 0.704. The number of carbonyl (C=O) groups excluding carboxylic acids is 1. The Kier molecular flexibility index (Phi) is 5.16. The maximum Gasteiger partial charge on any atom is 0.298 e. The summed E-state index contributed by atoms with van der Waals surface area (Å²) in [5.74, 6) is -2.28. The number of allylic oxidation sites excluding steroid dienone is 2. The largest absolute Gasteiger partial charge is 0.549 e. The number of carboxylic acids is 1. The lowest BCUT2D eigenvalue weighted by Crippen LogP contribution is -2.47. The summed E-state index contributed by atoms with van der Waals surface area (Å²) in [7, 11) is -2.82. The molecule has 1 aliphatic carbocycles. The van der Waals surface area contributed by atoms with Gasteiger partial charge in [0, 0.05) is 0 Å². The van der Waals surface area contributed by atoms with Gasteiger partial charge in [-0.25, -0.2) is 4.18 Å². The van der Waals surface area contributed by atoms with E-state index in [2.05, 4.69) is 0 Å². The van der Waals surface area contributed by atoms with Gasteiger partial charge in [-0.3, -0.25) is 0 Å². The molecular weight excluding hydrogens is 368 g/mol. The summed E-state index contributed by atoms with van der Waals surface area (Å²) in [5.41, 5.74) is -1.37. The number of benzene rings is 2. The molecule has 0 heterocycles. The Morgan fingerprint density at radius 2 is 1.70 bits per heavy atom. The second kappa shape index (κ2) is 7.38. The highest BCUT2D eigenvalue weighted by atomic mass is 32.2. The topological polar surface area (TPSA) is 92.7 Å². The van der Waals surface area contributed by atoms with Crippen molar-refractivity contribution in [2.24, 2.45) is 5.92 Å². The minimum atomic E-state index is -4.29. The van der Waals surface area contributed by atoms with Crippen LogP contribution in [0.2, 0.25) is 0 Å². The van der Waals surface area contributed by atoms with Crippen LogP contribution in [0.5, 0.6) is 5.75 Å². The molecule has 2 atom stereocenters. The standard InChI is InChI=1S/C20H18O6S/c1-25-16-10-12-17(13-11-16)27(23,24)26-20(15-7-3-2-4-8-15)14-6-5-9-18(20)19(21)22/h2-14,18H,1H3,(H,21,22)/p-1. The zero-order valence-corrected chi connectivity index (χ0v) is 15.3. The molecule has 0 spiro atoms. The average Bonchev–Trinajstić information content (AvgIpc) is 2.68. The molecule has 2 unspecified atom stereocenters. The van der Waals surface area contributed by atoms with Gasteiger partial charge in [0.05, 0.1) is 23.9 Å². The molecule has 1 aliphatic rings. The van der Waals surface area contributed by atoms with Crippen LogP contribution in [0.1, 0.15) is 5.56 Å². The van der Waals surface area contributed by atoms with Crippen molar-refractivity contribution in [2.45, 2.75) is 10.5 Å². The number of methoxy groups -OCH3 is 1. The number of aliphatic carboxylic acids is 1. The summed E-state index contributed by atoms with van der Waals surface area (Å²) < 4.78 is 36.4. The predicted molar refractivity (Wildman–Crippen MR) is 96.2 cm³/mol. The molecule has 140 valence electrons. The van der Waals surface area contributed by atoms with E-state index in [1.165, 1.54) is 49.6 Å². The van der Waals surface area contributed by atoms with Crippen LogP contribution in [0.25, 0.3) is 0 Å². The Balaban J connectivity index is 2.10. The highest BCUT2D eigenvalue weighted by molar-refractivity contribution is 7.86. The molecule has 0 amide bonds. The fourth-order valence-electron chi connectivity index (χ4n) is 2.95. The maximum atomic E-state index is 12.9. The van der Waals surface area contributed by atoms with Crippen molar-refractivity contribution in [3.63, 3.8) is 0 Å². The molecule has 0 radical (unpaired) electrons. The Morgan fingerprint density at radius 3 is 2.30 bits per heavy atom. The molecule has 0 fully saturated rings. The van der Waals surface area contributed by atoms with E-state index in [1.54, 1.807) is 36.4 Å². The lowest BCUT2D eigenvalue weighted by Gasteiger charge is -2.38. The first kappa shape index (κ1) is 18.9. The molecule has 3 rings (SSSR count). The van der Waals surface area contributed by atoms with Gasteiger partial charge in [-0.05, 0) is 35.9 Å². The van der Waals surface area contributed by atoms with Crippen molar-refractivity contribution in [1.29, 1.82) is 0 Å². The monoisotopic (exact) mass is 385 g/mol. The minimum Gasteiger partial charge on any atom is -0.549 e. The molecule has 2 aromatic carbocycles. The molecule has 0 saturated heterocycles. The van der Waals surface area contributed by atoms with Crippen LogP contribution in [0.4, 0.5) is 0 Å². The smallest absolute Gasteiger partial charge is 0.298 e. The van der Waals surface area contributed by atoms with Crippen LogP contribution in [-0.4, -0.2) is 21.5 Å². The molecule has 0 N–H and O–H groups in total. The number of hydrogen-bond acceptors (Lipinski definition) is 6. The fourth-order valence-corrected chi connectivity index (χ4v) is 4.13. The number of rotatable bonds is 6. The van der Waals surface area contributed by atoms with Gasteiger partial charge < -0.3 is 14.6 Å². The number of ether oxygens (including phenoxy) is 1. The second-order valence-corrected chi connectivity index (χ2v) is 7.46. The Morgan fingerprint density at radius 1 is 1.04 bits per heavy atom. The number of carbonyl (C=O) groups is 1.